The maximum atomic E-state index is 14.0. The lowest BCUT2D eigenvalue weighted by Crippen LogP contribution is -2.47. The van der Waals surface area contributed by atoms with Gasteiger partial charge in [-0.15, -0.1) is 0 Å². The summed E-state index contributed by atoms with van der Waals surface area (Å²) in [5, 5.41) is 5.38. The molecule has 2 atom stereocenters. The third-order valence-corrected chi connectivity index (χ3v) is 8.90. The summed E-state index contributed by atoms with van der Waals surface area (Å²) in [7, 11) is 1.83. The van der Waals surface area contributed by atoms with Crippen molar-refractivity contribution in [2.24, 2.45) is 0 Å². The lowest BCUT2D eigenvalue weighted by molar-refractivity contribution is 0.0898. The first-order valence-electron chi connectivity index (χ1n) is 11.3. The first-order chi connectivity index (χ1) is 17.3. The Morgan fingerprint density at radius 1 is 1.19 bits per heavy atom. The number of halogens is 2. The molecule has 8 nitrogen and oxygen atoms in total. The second-order valence-electron chi connectivity index (χ2n) is 8.59. The number of benzene rings is 2. The van der Waals surface area contributed by atoms with Gasteiger partial charge in [0.25, 0.3) is 11.8 Å². The zero-order valence-corrected chi connectivity index (χ0v) is 20.2. The van der Waals surface area contributed by atoms with Crippen LogP contribution in [0.5, 0.6) is 5.75 Å². The van der Waals surface area contributed by atoms with Crippen molar-refractivity contribution >= 4 is 22.9 Å². The highest BCUT2D eigenvalue weighted by atomic mass is 32.2. The Morgan fingerprint density at radius 3 is 2.67 bits per heavy atom. The number of rotatable bonds is 7. The van der Waals surface area contributed by atoms with Crippen LogP contribution in [-0.2, 0) is 18.0 Å². The molecule has 1 unspecified atom stereocenters. The number of carbonyl (C=O) groups excluding carboxylic acids is 2. The molecule has 3 aromatic rings. The molecule has 0 saturated carbocycles. The molecule has 188 valence electrons. The molecule has 0 aliphatic carbocycles. The normalized spacial score (nSPS) is 21.0. The van der Waals surface area contributed by atoms with Crippen molar-refractivity contribution in [2.75, 3.05) is 19.3 Å². The number of amides is 2. The highest BCUT2D eigenvalue weighted by Gasteiger charge is 2.56. The molecule has 2 aromatic carbocycles. The van der Waals surface area contributed by atoms with Crippen molar-refractivity contribution in [3.8, 4) is 5.75 Å². The van der Waals surface area contributed by atoms with Crippen molar-refractivity contribution in [1.82, 2.24) is 19.9 Å². The van der Waals surface area contributed by atoms with Gasteiger partial charge in [0, 0.05) is 30.1 Å². The standard InChI is InChI=1S/C25H24F2N4O4S/c1-28-36-14-25(36)13-30-24(34)20-22(35-12-15-5-3-2-4-6-15)21(32)18(11-31(20)25)23(33)29-10-16-7-8-17(26)9-19(16)27/h2-9,11,28,36H,10,12-14H2,1H3,(H,29,33)(H,30,34)/t25-/m0/s1. The van der Waals surface area contributed by atoms with Gasteiger partial charge in [-0.3, -0.25) is 19.1 Å². The van der Waals surface area contributed by atoms with Crippen LogP contribution in [0.1, 0.15) is 32.0 Å². The van der Waals surface area contributed by atoms with Crippen LogP contribution in [0, 0.1) is 11.6 Å². The highest BCUT2D eigenvalue weighted by molar-refractivity contribution is 8.22. The fourth-order valence-electron chi connectivity index (χ4n) is 4.35. The number of pyridine rings is 1. The summed E-state index contributed by atoms with van der Waals surface area (Å²) in [6, 6.07) is 12.2. The first kappa shape index (κ1) is 24.0. The van der Waals surface area contributed by atoms with E-state index >= 15 is 0 Å². The van der Waals surface area contributed by atoms with E-state index in [1.165, 1.54) is 12.3 Å². The van der Waals surface area contributed by atoms with Gasteiger partial charge < -0.3 is 19.9 Å². The topological polar surface area (TPSA) is 101 Å². The third-order valence-electron chi connectivity index (χ3n) is 6.37. The minimum absolute atomic E-state index is 0.0238. The smallest absolute Gasteiger partial charge is 0.272 e. The van der Waals surface area contributed by atoms with Gasteiger partial charge in [0.1, 0.15) is 28.7 Å². The van der Waals surface area contributed by atoms with Crippen LogP contribution in [0.3, 0.4) is 0 Å². The number of carbonyl (C=O) groups is 2. The minimum atomic E-state index is -0.808. The third kappa shape index (κ3) is 4.24. The van der Waals surface area contributed by atoms with E-state index in [2.05, 4.69) is 15.4 Å². The molecule has 2 aliphatic rings. The van der Waals surface area contributed by atoms with Crippen LogP contribution in [0.15, 0.2) is 59.5 Å². The lowest BCUT2D eigenvalue weighted by Gasteiger charge is -2.31. The molecule has 11 heteroatoms. The molecule has 5 rings (SSSR count). The highest BCUT2D eigenvalue weighted by Crippen LogP contribution is 2.61. The fraction of sp³-hybridized carbons (Fsp3) is 0.240. The summed E-state index contributed by atoms with van der Waals surface area (Å²) in [5.41, 5.74) is -0.0389. The zero-order chi connectivity index (χ0) is 25.4. The van der Waals surface area contributed by atoms with Gasteiger partial charge in [-0.1, -0.05) is 36.4 Å². The molecule has 3 N–H and O–H groups in total. The Balaban J connectivity index is 1.53. The summed E-state index contributed by atoms with van der Waals surface area (Å²) < 4.78 is 38.1. The average Bonchev–Trinajstić information content (AvgIpc) is 3.59. The zero-order valence-electron chi connectivity index (χ0n) is 19.3. The average molecular weight is 515 g/mol. The van der Waals surface area contributed by atoms with E-state index in [0.29, 0.717) is 6.54 Å². The maximum Gasteiger partial charge on any atom is 0.272 e. The van der Waals surface area contributed by atoms with Crippen LogP contribution in [-0.4, -0.2) is 35.7 Å². The number of nitrogens with zero attached hydrogens (tertiary/aromatic N) is 1. The van der Waals surface area contributed by atoms with Gasteiger partial charge >= 0.3 is 0 Å². The van der Waals surface area contributed by atoms with Gasteiger partial charge in [-0.2, -0.15) is 11.1 Å². The largest absolute Gasteiger partial charge is 0.483 e. The summed E-state index contributed by atoms with van der Waals surface area (Å²) in [6.45, 7) is 0.130. The number of fused-ring (bicyclic) bond motifs is 2. The molecule has 1 fully saturated rings. The summed E-state index contributed by atoms with van der Waals surface area (Å²) in [6.07, 6.45) is 1.39. The Bertz CT molecular complexity index is 1420. The van der Waals surface area contributed by atoms with Gasteiger partial charge in [-0.25, -0.2) is 8.78 Å². The SMILES string of the molecule is CN[SH]1C[C@]12CNC(=O)c1c(OCc3ccccc3)c(=O)c(C(=O)NCc3ccc(F)cc3F)cn12. The first-order valence-corrected chi connectivity index (χ1v) is 12.8. The van der Waals surface area contributed by atoms with Crippen molar-refractivity contribution < 1.29 is 23.1 Å². The van der Waals surface area contributed by atoms with Crippen LogP contribution >= 0.6 is 11.1 Å². The predicted molar refractivity (Wildman–Crippen MR) is 132 cm³/mol. The van der Waals surface area contributed by atoms with E-state index in [4.69, 9.17) is 4.74 Å². The van der Waals surface area contributed by atoms with Crippen LogP contribution in [0.2, 0.25) is 0 Å². The molecule has 1 saturated heterocycles. The van der Waals surface area contributed by atoms with E-state index in [1.807, 2.05) is 37.4 Å². The van der Waals surface area contributed by atoms with Crippen LogP contribution in [0.25, 0.3) is 0 Å². The second kappa shape index (κ2) is 9.40. The lowest BCUT2D eigenvalue weighted by atomic mass is 10.1. The summed E-state index contributed by atoms with van der Waals surface area (Å²) in [4.78, 5) is 39.0. The van der Waals surface area contributed by atoms with E-state index in [0.717, 1.165) is 23.4 Å². The molecular formula is C25H24F2N4O4S. The molecule has 1 spiro atoms. The van der Waals surface area contributed by atoms with Gasteiger partial charge in [0.2, 0.25) is 5.43 Å². The van der Waals surface area contributed by atoms with E-state index in [9.17, 15) is 23.2 Å². The Morgan fingerprint density at radius 2 is 1.97 bits per heavy atom. The van der Waals surface area contributed by atoms with E-state index in [1.54, 1.807) is 4.57 Å². The molecule has 0 bridgehead atoms. The summed E-state index contributed by atoms with van der Waals surface area (Å²) in [5.74, 6) is -2.22. The Kier molecular flexibility index (Phi) is 6.27. The summed E-state index contributed by atoms with van der Waals surface area (Å²) >= 11 is -0.691. The van der Waals surface area contributed by atoms with Crippen molar-refractivity contribution in [2.45, 2.75) is 18.0 Å². The number of hydrogen-bond donors (Lipinski definition) is 4. The monoisotopic (exact) mass is 514 g/mol. The number of hydrogen-bond acceptors (Lipinski definition) is 5. The van der Waals surface area contributed by atoms with E-state index in [-0.39, 0.29) is 35.7 Å². The fourth-order valence-corrected chi connectivity index (χ4v) is 6.52. The number of thiol groups is 1. The van der Waals surface area contributed by atoms with Crippen molar-refractivity contribution in [3.05, 3.63) is 99.0 Å². The van der Waals surface area contributed by atoms with Crippen molar-refractivity contribution in [3.63, 3.8) is 0 Å². The molecule has 2 amide bonds. The number of ether oxygens (including phenoxy) is 1. The van der Waals surface area contributed by atoms with Crippen LogP contribution in [0.4, 0.5) is 8.78 Å². The Hall–Kier alpha value is -3.70. The van der Waals surface area contributed by atoms with Gasteiger partial charge in [0.05, 0.1) is 6.54 Å². The molecule has 3 heterocycles. The maximum absolute atomic E-state index is 14.0. The molecule has 0 radical (unpaired) electrons. The van der Waals surface area contributed by atoms with Gasteiger partial charge in [-0.05, 0) is 18.7 Å². The Labute approximate surface area is 208 Å². The second-order valence-corrected chi connectivity index (χ2v) is 11.0. The minimum Gasteiger partial charge on any atom is -0.483 e. The number of nitrogens with one attached hydrogen (secondary N) is 3. The molecule has 36 heavy (non-hydrogen) atoms. The molecule has 2 aliphatic heterocycles. The molecular weight excluding hydrogens is 490 g/mol. The van der Waals surface area contributed by atoms with Gasteiger partial charge in [0.15, 0.2) is 11.4 Å². The van der Waals surface area contributed by atoms with Crippen LogP contribution < -0.4 is 25.5 Å². The number of aromatic nitrogens is 1. The van der Waals surface area contributed by atoms with E-state index < -0.39 is 44.8 Å². The predicted octanol–water partition coefficient (Wildman–Crippen LogP) is 2.18. The quantitative estimate of drug-likeness (QED) is 0.286. The molecule has 1 aromatic heterocycles. The van der Waals surface area contributed by atoms with Crippen molar-refractivity contribution in [1.29, 1.82) is 0 Å².